The Hall–Kier alpha value is -4.40. The predicted molar refractivity (Wildman–Crippen MR) is 165 cm³/mol. The van der Waals surface area contributed by atoms with Gasteiger partial charge in [0, 0.05) is 12.1 Å². The average molecular weight is 589 g/mol. The highest BCUT2D eigenvalue weighted by molar-refractivity contribution is 5.78. The molecule has 228 valence electrons. The molecule has 43 heavy (non-hydrogen) atoms. The van der Waals surface area contributed by atoms with Gasteiger partial charge >= 0.3 is 11.7 Å². The van der Waals surface area contributed by atoms with Gasteiger partial charge in [0.05, 0.1) is 31.3 Å². The van der Waals surface area contributed by atoms with Gasteiger partial charge in [0.25, 0.3) is 0 Å². The van der Waals surface area contributed by atoms with Crippen molar-refractivity contribution in [1.82, 2.24) is 9.13 Å². The summed E-state index contributed by atoms with van der Waals surface area (Å²) in [5, 5.41) is 0. The smallest absolute Gasteiger partial charge is 0.352 e. The highest BCUT2D eigenvalue weighted by atomic mass is 16.7. The van der Waals surface area contributed by atoms with Crippen molar-refractivity contribution in [3.63, 3.8) is 0 Å². The van der Waals surface area contributed by atoms with Gasteiger partial charge in [-0.05, 0) is 67.6 Å². The van der Waals surface area contributed by atoms with E-state index in [1.54, 1.807) is 30.7 Å². The van der Waals surface area contributed by atoms with Crippen LogP contribution in [0.15, 0.2) is 53.3 Å². The van der Waals surface area contributed by atoms with Crippen molar-refractivity contribution in [2.24, 2.45) is 0 Å². The number of esters is 1. The van der Waals surface area contributed by atoms with Crippen molar-refractivity contribution >= 4 is 17.0 Å². The lowest BCUT2D eigenvalue weighted by Crippen LogP contribution is -2.24. The highest BCUT2D eigenvalue weighted by Crippen LogP contribution is 2.44. The van der Waals surface area contributed by atoms with Gasteiger partial charge < -0.3 is 23.7 Å². The number of aryl methyl sites for hydroxylation is 3. The number of ether oxygens (including phenoxy) is 5. The van der Waals surface area contributed by atoms with Gasteiger partial charge in [0.1, 0.15) is 5.75 Å². The molecule has 1 atom stereocenters. The summed E-state index contributed by atoms with van der Waals surface area (Å²) in [5.74, 6) is 1.61. The minimum absolute atomic E-state index is 0.0303. The Bertz CT molecular complexity index is 1640. The second-order valence-corrected chi connectivity index (χ2v) is 10.6. The van der Waals surface area contributed by atoms with Gasteiger partial charge in [-0.15, -0.1) is 0 Å². The van der Waals surface area contributed by atoms with Crippen LogP contribution in [0.1, 0.15) is 68.9 Å². The maximum absolute atomic E-state index is 13.4. The molecule has 0 bridgehead atoms. The molecule has 0 saturated heterocycles. The summed E-state index contributed by atoms with van der Waals surface area (Å²) in [6.07, 6.45) is 2.19. The number of hydrogen-bond acceptors (Lipinski definition) is 7. The molecule has 2 heterocycles. The van der Waals surface area contributed by atoms with Crippen LogP contribution in [0.5, 0.6) is 23.0 Å². The Balaban J connectivity index is 1.59. The first-order chi connectivity index (χ1) is 20.9. The molecule has 1 aliphatic rings. The Morgan fingerprint density at radius 1 is 0.930 bits per heavy atom. The van der Waals surface area contributed by atoms with Crippen LogP contribution in [0.2, 0.25) is 0 Å². The number of fused-ring (bicyclic) bond motifs is 2. The van der Waals surface area contributed by atoms with Crippen LogP contribution in [-0.4, -0.2) is 35.6 Å². The molecule has 0 amide bonds. The number of carbonyl (C=O) groups excluding carboxylic acids is 1. The van der Waals surface area contributed by atoms with E-state index >= 15 is 0 Å². The van der Waals surface area contributed by atoms with Crippen LogP contribution >= 0.6 is 0 Å². The molecule has 3 aromatic carbocycles. The van der Waals surface area contributed by atoms with Crippen molar-refractivity contribution < 1.29 is 28.5 Å². The zero-order valence-electron chi connectivity index (χ0n) is 25.6. The number of rotatable bonds is 13. The van der Waals surface area contributed by atoms with Crippen molar-refractivity contribution in [2.45, 2.75) is 72.6 Å². The second-order valence-electron chi connectivity index (χ2n) is 10.6. The number of benzene rings is 3. The average Bonchev–Trinajstić information content (AvgIpc) is 3.59. The Morgan fingerprint density at radius 2 is 1.60 bits per heavy atom. The van der Waals surface area contributed by atoms with Crippen molar-refractivity contribution in [3.05, 3.63) is 81.3 Å². The molecule has 9 nitrogen and oxygen atoms in total. The number of nitrogens with zero attached hydrogens (tertiary/aromatic N) is 2. The normalized spacial score (nSPS) is 12.9. The molecule has 0 saturated carbocycles. The monoisotopic (exact) mass is 588 g/mol. The van der Waals surface area contributed by atoms with E-state index in [1.807, 2.05) is 35.8 Å². The van der Waals surface area contributed by atoms with Gasteiger partial charge in [0.15, 0.2) is 11.5 Å². The zero-order chi connectivity index (χ0) is 30.5. The minimum atomic E-state index is -1.05. The molecule has 1 unspecified atom stereocenters. The quantitative estimate of drug-likeness (QED) is 0.172. The van der Waals surface area contributed by atoms with E-state index in [0.717, 1.165) is 53.4 Å². The van der Waals surface area contributed by atoms with Gasteiger partial charge in [-0.2, -0.15) is 0 Å². The Morgan fingerprint density at radius 3 is 2.21 bits per heavy atom. The number of hydrogen-bond donors (Lipinski definition) is 0. The van der Waals surface area contributed by atoms with Crippen LogP contribution < -0.4 is 24.6 Å². The third-order valence-electron chi connectivity index (χ3n) is 7.64. The van der Waals surface area contributed by atoms with Crippen LogP contribution in [0.3, 0.4) is 0 Å². The van der Waals surface area contributed by atoms with E-state index in [2.05, 4.69) is 26.0 Å². The van der Waals surface area contributed by atoms with Crippen LogP contribution in [-0.2, 0) is 35.5 Å². The lowest BCUT2D eigenvalue weighted by atomic mass is 9.97. The lowest BCUT2D eigenvalue weighted by Gasteiger charge is -2.24. The Labute approximate surface area is 251 Å². The number of para-hydroxylation sites is 2. The molecule has 0 aliphatic carbocycles. The predicted octanol–water partition coefficient (Wildman–Crippen LogP) is 6.20. The van der Waals surface area contributed by atoms with E-state index in [1.165, 1.54) is 0 Å². The third kappa shape index (κ3) is 5.94. The number of aromatic nitrogens is 2. The first kappa shape index (κ1) is 30.1. The molecular formula is C34H40N2O7. The topological polar surface area (TPSA) is 90.2 Å². The van der Waals surface area contributed by atoms with Crippen molar-refractivity contribution in [2.75, 3.05) is 20.5 Å². The first-order valence-electron chi connectivity index (χ1n) is 15.1. The molecule has 1 aromatic heterocycles. The molecule has 0 N–H and O–H groups in total. The van der Waals surface area contributed by atoms with Crippen molar-refractivity contribution in [3.8, 4) is 23.0 Å². The summed E-state index contributed by atoms with van der Waals surface area (Å²) in [4.78, 5) is 26.8. The van der Waals surface area contributed by atoms with E-state index in [0.29, 0.717) is 41.7 Å². The third-order valence-corrected chi connectivity index (χ3v) is 7.64. The molecule has 0 radical (unpaired) electrons. The summed E-state index contributed by atoms with van der Waals surface area (Å²) >= 11 is 0. The highest BCUT2D eigenvalue weighted by Gasteiger charge is 2.31. The van der Waals surface area contributed by atoms with Gasteiger partial charge in [0.2, 0.25) is 18.6 Å². The zero-order valence-corrected chi connectivity index (χ0v) is 25.6. The summed E-state index contributed by atoms with van der Waals surface area (Å²) in [6.45, 7) is 9.29. The number of carbonyl (C=O) groups is 1. The molecule has 5 rings (SSSR count). The molecular weight excluding hydrogens is 548 g/mol. The van der Waals surface area contributed by atoms with Crippen LogP contribution in [0.25, 0.3) is 11.0 Å². The maximum Gasteiger partial charge on any atom is 0.352 e. The summed E-state index contributed by atoms with van der Waals surface area (Å²) < 4.78 is 32.5. The first-order valence-corrected chi connectivity index (χ1v) is 15.1. The SMILES string of the molecule is CCCc1cc(Cn2c(=O)n(CC)c3ccccc32)cc(CCC)c1OC(C(=O)OCC)c1cc(OC)c2c(c1)OCO2. The molecule has 1 aliphatic heterocycles. The van der Waals surface area contributed by atoms with Gasteiger partial charge in [-0.25, -0.2) is 9.59 Å². The summed E-state index contributed by atoms with van der Waals surface area (Å²) in [6, 6.07) is 15.6. The van der Waals surface area contributed by atoms with Crippen molar-refractivity contribution in [1.29, 1.82) is 0 Å². The van der Waals surface area contributed by atoms with E-state index in [4.69, 9.17) is 23.7 Å². The number of methoxy groups -OCH3 is 1. The van der Waals surface area contributed by atoms with E-state index < -0.39 is 12.1 Å². The molecule has 0 fully saturated rings. The fraction of sp³-hybridized carbons (Fsp3) is 0.412. The Kier molecular flexibility index (Phi) is 9.28. The van der Waals surface area contributed by atoms with Gasteiger partial charge in [-0.3, -0.25) is 9.13 Å². The molecule has 0 spiro atoms. The number of imidazole rings is 1. The largest absolute Gasteiger partial charge is 0.493 e. The van der Waals surface area contributed by atoms with Gasteiger partial charge in [-0.1, -0.05) is 51.0 Å². The van der Waals surface area contributed by atoms with E-state index in [-0.39, 0.29) is 19.1 Å². The fourth-order valence-corrected chi connectivity index (χ4v) is 5.78. The standard InChI is InChI=1S/C34H40N2O7/c1-6-12-23-16-22(20-36-27-15-11-10-14-26(27)35(8-3)34(36)38)17-24(13-7-2)30(23)43-31(33(37)40-9-4)25-18-28(39-5)32-29(19-25)41-21-42-32/h10-11,14-19,31H,6-9,12-13,20-21H2,1-5H3. The van der Waals surface area contributed by atoms with Crippen LogP contribution in [0, 0.1) is 0 Å². The van der Waals surface area contributed by atoms with Crippen LogP contribution in [0.4, 0.5) is 0 Å². The summed E-state index contributed by atoms with van der Waals surface area (Å²) in [7, 11) is 1.54. The minimum Gasteiger partial charge on any atom is -0.493 e. The van der Waals surface area contributed by atoms with E-state index in [9.17, 15) is 9.59 Å². The molecule has 4 aromatic rings. The second kappa shape index (κ2) is 13.3. The fourth-order valence-electron chi connectivity index (χ4n) is 5.78. The summed E-state index contributed by atoms with van der Waals surface area (Å²) in [5.41, 5.74) is 5.33. The molecule has 9 heteroatoms. The maximum atomic E-state index is 13.4. The lowest BCUT2D eigenvalue weighted by molar-refractivity contribution is -0.151.